The van der Waals surface area contributed by atoms with Crippen LogP contribution >= 0.6 is 0 Å². The summed E-state index contributed by atoms with van der Waals surface area (Å²) in [5.74, 6) is 0. The number of fused-ring (bicyclic) bond motifs is 7. The highest BCUT2D eigenvalue weighted by atomic mass is 16.3. The average molecular weight is 591 g/mol. The highest BCUT2D eigenvalue weighted by Crippen LogP contribution is 2.62. The van der Waals surface area contributed by atoms with Gasteiger partial charge in [0.05, 0.1) is 0 Å². The van der Waals surface area contributed by atoms with E-state index in [1.165, 1.54) is 0 Å². The summed E-state index contributed by atoms with van der Waals surface area (Å²) in [6.07, 6.45) is 0. The lowest BCUT2D eigenvalue weighted by molar-refractivity contribution is 0.127. The van der Waals surface area contributed by atoms with Crippen molar-refractivity contribution >= 4 is 0 Å². The fourth-order valence-corrected chi connectivity index (χ4v) is 8.02. The van der Waals surface area contributed by atoms with Crippen molar-refractivity contribution in [3.63, 3.8) is 0 Å². The van der Waals surface area contributed by atoms with Crippen LogP contribution in [0.5, 0.6) is 0 Å². The molecule has 0 radical (unpaired) electrons. The third-order valence-electron chi connectivity index (χ3n) is 9.95. The molecule has 0 heterocycles. The molecule has 0 bridgehead atoms. The van der Waals surface area contributed by atoms with E-state index < -0.39 is 11.2 Å². The number of hydrogen-bond acceptors (Lipinski definition) is 2. The van der Waals surface area contributed by atoms with Gasteiger partial charge in [0.25, 0.3) is 0 Å². The molecule has 0 amide bonds. The molecular formula is C44H30O2. The Bertz CT molecular complexity index is 2290. The van der Waals surface area contributed by atoms with Gasteiger partial charge in [-0.15, -0.1) is 0 Å². The molecule has 46 heavy (non-hydrogen) atoms. The average Bonchev–Trinajstić information content (AvgIpc) is 3.55. The monoisotopic (exact) mass is 590 g/mol. The fraction of sp³-hybridized carbons (Fsp3) is 0.0455. The molecule has 0 fully saturated rings. The normalized spacial score (nSPS) is 18.8. The van der Waals surface area contributed by atoms with E-state index in [1.807, 2.05) is 109 Å². The molecule has 0 spiro atoms. The van der Waals surface area contributed by atoms with Crippen molar-refractivity contribution in [2.45, 2.75) is 11.2 Å². The third kappa shape index (κ3) is 3.54. The van der Waals surface area contributed by atoms with Gasteiger partial charge in [-0.1, -0.05) is 170 Å². The molecule has 2 unspecified atom stereocenters. The summed E-state index contributed by atoms with van der Waals surface area (Å²) in [6, 6.07) is 57.3. The second kappa shape index (κ2) is 9.98. The first-order valence-electron chi connectivity index (χ1n) is 15.7. The Labute approximate surface area is 268 Å². The molecule has 0 aromatic heterocycles. The lowest BCUT2D eigenvalue weighted by Crippen LogP contribution is -2.29. The van der Waals surface area contributed by atoms with Crippen molar-refractivity contribution in [1.82, 2.24) is 0 Å². The number of hydrogen-bond donors (Lipinski definition) is 2. The molecule has 2 aliphatic rings. The molecule has 2 aliphatic carbocycles. The van der Waals surface area contributed by atoms with Crippen LogP contribution in [0.25, 0.3) is 44.5 Å². The Hall–Kier alpha value is -5.54. The Balaban J connectivity index is 1.39. The van der Waals surface area contributed by atoms with Crippen LogP contribution < -0.4 is 0 Å². The molecule has 2 N–H and O–H groups in total. The zero-order chi connectivity index (χ0) is 30.9. The minimum absolute atomic E-state index is 0.777. The number of benzene rings is 7. The maximum Gasteiger partial charge on any atom is 0.142 e. The van der Waals surface area contributed by atoms with Crippen LogP contribution in [-0.4, -0.2) is 10.2 Å². The van der Waals surface area contributed by atoms with Gasteiger partial charge in [-0.3, -0.25) is 0 Å². The van der Waals surface area contributed by atoms with Gasteiger partial charge in [0, 0.05) is 33.4 Å². The predicted molar refractivity (Wildman–Crippen MR) is 185 cm³/mol. The van der Waals surface area contributed by atoms with Crippen LogP contribution in [0.4, 0.5) is 0 Å². The lowest BCUT2D eigenvalue weighted by Gasteiger charge is -2.32. The smallest absolute Gasteiger partial charge is 0.142 e. The van der Waals surface area contributed by atoms with Crippen molar-refractivity contribution < 1.29 is 10.2 Å². The molecule has 2 atom stereocenters. The zero-order valence-electron chi connectivity index (χ0n) is 25.1. The molecular weight excluding hydrogens is 560 g/mol. The van der Waals surface area contributed by atoms with Crippen LogP contribution in [-0.2, 0) is 11.2 Å². The lowest BCUT2D eigenvalue weighted by atomic mass is 9.76. The van der Waals surface area contributed by atoms with E-state index >= 15 is 0 Å². The topological polar surface area (TPSA) is 40.5 Å². The quantitative estimate of drug-likeness (QED) is 0.214. The van der Waals surface area contributed by atoms with E-state index in [1.54, 1.807) is 0 Å². The molecule has 2 heteroatoms. The van der Waals surface area contributed by atoms with E-state index in [-0.39, 0.29) is 0 Å². The Morgan fingerprint density at radius 3 is 1.22 bits per heavy atom. The minimum Gasteiger partial charge on any atom is -0.376 e. The first kappa shape index (κ1) is 26.8. The number of aliphatic hydroxyl groups is 2. The van der Waals surface area contributed by atoms with Gasteiger partial charge in [0.2, 0.25) is 0 Å². The fourth-order valence-electron chi connectivity index (χ4n) is 8.02. The van der Waals surface area contributed by atoms with Gasteiger partial charge < -0.3 is 10.2 Å². The van der Waals surface area contributed by atoms with Crippen molar-refractivity contribution in [3.8, 4) is 44.5 Å². The molecule has 0 aliphatic heterocycles. The molecule has 7 aromatic carbocycles. The van der Waals surface area contributed by atoms with Gasteiger partial charge in [-0.25, -0.2) is 0 Å². The van der Waals surface area contributed by atoms with E-state index in [9.17, 15) is 10.2 Å². The third-order valence-corrected chi connectivity index (χ3v) is 9.95. The van der Waals surface area contributed by atoms with E-state index in [2.05, 4.69) is 60.7 Å². The Kier molecular flexibility index (Phi) is 5.82. The first-order valence-corrected chi connectivity index (χ1v) is 15.7. The molecule has 7 aromatic rings. The molecule has 0 saturated heterocycles. The van der Waals surface area contributed by atoms with E-state index in [4.69, 9.17) is 0 Å². The van der Waals surface area contributed by atoms with Gasteiger partial charge in [0.15, 0.2) is 0 Å². The highest BCUT2D eigenvalue weighted by Gasteiger charge is 2.52. The summed E-state index contributed by atoms with van der Waals surface area (Å²) in [4.78, 5) is 0. The summed E-state index contributed by atoms with van der Waals surface area (Å²) in [5, 5.41) is 26.7. The largest absolute Gasteiger partial charge is 0.376 e. The Morgan fingerprint density at radius 2 is 0.674 bits per heavy atom. The summed E-state index contributed by atoms with van der Waals surface area (Å²) in [5.41, 5.74) is 9.81. The minimum atomic E-state index is -1.47. The van der Waals surface area contributed by atoms with Gasteiger partial charge in [0.1, 0.15) is 11.2 Å². The van der Waals surface area contributed by atoms with Gasteiger partial charge >= 0.3 is 0 Å². The summed E-state index contributed by atoms with van der Waals surface area (Å²) >= 11 is 0. The standard InChI is InChI=1S/C44H30O2/c45-43(36-23-11-7-19-31(36)29-15-3-1-4-16-29)39-26-14-10-22-35(39)41-40(43)28-27-34-33-21-9-13-25-38(33)44(46,42(34)41)37-24-12-8-20-32(37)30-17-5-2-6-18-30/h1-28,45-46H. The Morgan fingerprint density at radius 1 is 0.283 bits per heavy atom. The second-order valence-electron chi connectivity index (χ2n) is 12.2. The van der Waals surface area contributed by atoms with Crippen LogP contribution in [0, 0.1) is 0 Å². The predicted octanol–water partition coefficient (Wildman–Crippen LogP) is 9.55. The summed E-state index contributed by atoms with van der Waals surface area (Å²) < 4.78 is 0. The first-order chi connectivity index (χ1) is 22.6. The maximum absolute atomic E-state index is 13.5. The van der Waals surface area contributed by atoms with E-state index in [0.717, 1.165) is 77.9 Å². The van der Waals surface area contributed by atoms with Crippen molar-refractivity contribution in [1.29, 1.82) is 0 Å². The zero-order valence-corrected chi connectivity index (χ0v) is 25.1. The van der Waals surface area contributed by atoms with Crippen LogP contribution in [0.2, 0.25) is 0 Å². The molecule has 2 nitrogen and oxygen atoms in total. The van der Waals surface area contributed by atoms with Gasteiger partial charge in [-0.05, 0) is 44.5 Å². The van der Waals surface area contributed by atoms with Crippen LogP contribution in [0.1, 0.15) is 33.4 Å². The maximum atomic E-state index is 13.5. The highest BCUT2D eigenvalue weighted by molar-refractivity contribution is 5.96. The number of rotatable bonds is 4. The van der Waals surface area contributed by atoms with Crippen molar-refractivity contribution in [2.75, 3.05) is 0 Å². The van der Waals surface area contributed by atoms with Crippen LogP contribution in [0.15, 0.2) is 170 Å². The van der Waals surface area contributed by atoms with E-state index in [0.29, 0.717) is 0 Å². The molecule has 218 valence electrons. The van der Waals surface area contributed by atoms with Crippen LogP contribution in [0.3, 0.4) is 0 Å². The second-order valence-corrected chi connectivity index (χ2v) is 12.2. The molecule has 9 rings (SSSR count). The summed E-state index contributed by atoms with van der Waals surface area (Å²) in [7, 11) is 0. The van der Waals surface area contributed by atoms with Crippen molar-refractivity contribution in [3.05, 3.63) is 203 Å². The summed E-state index contributed by atoms with van der Waals surface area (Å²) in [6.45, 7) is 0. The van der Waals surface area contributed by atoms with Gasteiger partial charge in [-0.2, -0.15) is 0 Å². The molecule has 0 saturated carbocycles. The van der Waals surface area contributed by atoms with Crippen molar-refractivity contribution in [2.24, 2.45) is 0 Å². The SMILES string of the molecule is OC1(c2ccccc2-c2ccccc2)c2ccccc2-c2c1ccc1c2C(O)(c2ccccc2-c2ccccc2)c2ccccc2-1.